The molecule has 1 heterocycles. The smallest absolute Gasteiger partial charge is 0.167 e. The topological polar surface area (TPSA) is 97.6 Å². The van der Waals surface area contributed by atoms with Crippen molar-refractivity contribution in [3.63, 3.8) is 0 Å². The number of hydrogen-bond donors (Lipinski definition) is 2. The molecule has 0 radical (unpaired) electrons. The molecule has 7 heteroatoms. The Kier molecular flexibility index (Phi) is 17.3. The van der Waals surface area contributed by atoms with E-state index in [9.17, 15) is 10.2 Å². The molecule has 7 nitrogen and oxygen atoms in total. The van der Waals surface area contributed by atoms with Crippen molar-refractivity contribution in [2.45, 2.75) is 155 Å². The molecular weight excluding hydrogens is 574 g/mol. The zero-order valence-corrected chi connectivity index (χ0v) is 29.0. The molecule has 0 spiro atoms. The first kappa shape index (κ1) is 37.1. The number of nitrogens with zero attached hydrogens (tertiary/aromatic N) is 3. The number of unbranched alkanes of at least 4 members (excludes halogenated alkanes) is 10. The lowest BCUT2D eigenvalue weighted by molar-refractivity contribution is 0.166. The number of rotatable bonds is 24. The average Bonchev–Trinajstić information content (AvgIpc) is 3.04. The van der Waals surface area contributed by atoms with Gasteiger partial charge in [-0.25, -0.2) is 15.0 Å². The summed E-state index contributed by atoms with van der Waals surface area (Å²) in [6.07, 6.45) is 23.9. The van der Waals surface area contributed by atoms with Gasteiger partial charge in [-0.05, 0) is 56.7 Å². The SMILES string of the molecule is CCCCCCCCC(CCC)Oc1cc(OC(CCC)CCCCCCCC)c(-c2ncncn2)c(-c2ccc(O)cc2O)c1. The molecule has 2 aromatic carbocycles. The van der Waals surface area contributed by atoms with Crippen LogP contribution < -0.4 is 9.47 Å². The second-order valence-corrected chi connectivity index (χ2v) is 12.7. The Bertz CT molecular complexity index is 1250. The average molecular weight is 634 g/mol. The highest BCUT2D eigenvalue weighted by Crippen LogP contribution is 2.45. The monoisotopic (exact) mass is 633 g/mol. The summed E-state index contributed by atoms with van der Waals surface area (Å²) in [6, 6.07) is 8.62. The van der Waals surface area contributed by atoms with Crippen molar-refractivity contribution in [1.82, 2.24) is 15.0 Å². The number of aromatic hydroxyl groups is 2. The molecule has 254 valence electrons. The van der Waals surface area contributed by atoms with Crippen molar-refractivity contribution < 1.29 is 19.7 Å². The molecule has 0 bridgehead atoms. The summed E-state index contributed by atoms with van der Waals surface area (Å²) in [5, 5.41) is 21.1. The van der Waals surface area contributed by atoms with Crippen molar-refractivity contribution in [3.8, 4) is 45.5 Å². The summed E-state index contributed by atoms with van der Waals surface area (Å²) in [6.45, 7) is 8.90. The zero-order valence-electron chi connectivity index (χ0n) is 29.0. The van der Waals surface area contributed by atoms with Crippen LogP contribution in [-0.2, 0) is 0 Å². The fraction of sp³-hybridized carbons (Fsp3) is 0.615. The minimum Gasteiger partial charge on any atom is -0.508 e. The second-order valence-electron chi connectivity index (χ2n) is 12.7. The normalized spacial score (nSPS) is 12.6. The van der Waals surface area contributed by atoms with E-state index < -0.39 is 0 Å². The number of phenolic OH excluding ortho intramolecular Hbond substituents is 2. The van der Waals surface area contributed by atoms with Crippen LogP contribution in [0.1, 0.15) is 143 Å². The third kappa shape index (κ3) is 12.4. The van der Waals surface area contributed by atoms with Gasteiger partial charge in [0.05, 0.1) is 17.8 Å². The van der Waals surface area contributed by atoms with Crippen LogP contribution in [0.4, 0.5) is 0 Å². The van der Waals surface area contributed by atoms with Crippen LogP contribution >= 0.6 is 0 Å². The first-order chi connectivity index (χ1) is 22.5. The maximum atomic E-state index is 11.0. The van der Waals surface area contributed by atoms with Crippen LogP contribution in [0, 0.1) is 0 Å². The molecule has 3 aromatic rings. The van der Waals surface area contributed by atoms with Gasteiger partial charge in [0.1, 0.15) is 35.7 Å². The lowest BCUT2D eigenvalue weighted by Gasteiger charge is -2.25. The minimum absolute atomic E-state index is 0.00395. The molecule has 1 aromatic heterocycles. The van der Waals surface area contributed by atoms with Crippen LogP contribution in [0.15, 0.2) is 43.0 Å². The standard InChI is InChI=1S/C39H59N3O4/c1-5-9-11-13-15-17-21-31(19-7-3)45-33-26-35(34-24-23-30(43)25-36(34)44)38(39-41-28-40-29-42-39)37(27-33)46-32(20-8-4)22-18-16-14-12-10-6-2/h23-29,31-32,43-44H,5-22H2,1-4H3. The van der Waals surface area contributed by atoms with Crippen LogP contribution in [0.5, 0.6) is 23.0 Å². The number of benzene rings is 2. The highest BCUT2D eigenvalue weighted by atomic mass is 16.5. The van der Waals surface area contributed by atoms with E-state index in [1.165, 1.54) is 82.9 Å². The van der Waals surface area contributed by atoms with Gasteiger partial charge in [-0.15, -0.1) is 0 Å². The largest absolute Gasteiger partial charge is 0.508 e. The molecule has 0 aliphatic carbocycles. The van der Waals surface area contributed by atoms with Gasteiger partial charge in [0.25, 0.3) is 0 Å². The molecule has 2 atom stereocenters. The highest BCUT2D eigenvalue weighted by Gasteiger charge is 2.24. The molecule has 46 heavy (non-hydrogen) atoms. The van der Waals surface area contributed by atoms with Crippen molar-refractivity contribution in [1.29, 1.82) is 0 Å². The summed E-state index contributed by atoms with van der Waals surface area (Å²) >= 11 is 0. The fourth-order valence-corrected chi connectivity index (χ4v) is 6.16. The number of aromatic nitrogens is 3. The fourth-order valence-electron chi connectivity index (χ4n) is 6.16. The highest BCUT2D eigenvalue weighted by molar-refractivity contribution is 5.88. The predicted molar refractivity (Wildman–Crippen MR) is 189 cm³/mol. The Morgan fingerprint density at radius 3 is 1.72 bits per heavy atom. The molecule has 0 fully saturated rings. The zero-order chi connectivity index (χ0) is 33.0. The number of phenols is 2. The van der Waals surface area contributed by atoms with E-state index in [4.69, 9.17) is 9.47 Å². The quantitative estimate of drug-likeness (QED) is 0.0947. The summed E-state index contributed by atoms with van der Waals surface area (Å²) in [4.78, 5) is 13.1. The van der Waals surface area contributed by atoms with Crippen LogP contribution in [0.25, 0.3) is 22.5 Å². The van der Waals surface area contributed by atoms with Gasteiger partial charge in [-0.1, -0.05) is 105 Å². The third-order valence-corrected chi connectivity index (χ3v) is 8.64. The molecule has 2 N–H and O–H groups in total. The molecule has 0 aliphatic heterocycles. The van der Waals surface area contributed by atoms with E-state index in [1.807, 2.05) is 12.1 Å². The van der Waals surface area contributed by atoms with E-state index in [0.717, 1.165) is 51.4 Å². The number of hydrogen-bond acceptors (Lipinski definition) is 7. The summed E-state index contributed by atoms with van der Waals surface area (Å²) in [5.74, 6) is 1.77. The Morgan fingerprint density at radius 2 is 1.15 bits per heavy atom. The Hall–Kier alpha value is -3.35. The maximum absolute atomic E-state index is 11.0. The Morgan fingerprint density at radius 1 is 0.587 bits per heavy atom. The van der Waals surface area contributed by atoms with E-state index >= 15 is 0 Å². The molecule has 3 rings (SSSR count). The van der Waals surface area contributed by atoms with Crippen LogP contribution in [-0.4, -0.2) is 37.4 Å². The third-order valence-electron chi connectivity index (χ3n) is 8.64. The van der Waals surface area contributed by atoms with Gasteiger partial charge >= 0.3 is 0 Å². The molecule has 0 aliphatic rings. The molecule has 2 unspecified atom stereocenters. The predicted octanol–water partition coefficient (Wildman–Crippen LogP) is 11.2. The Balaban J connectivity index is 2.01. The summed E-state index contributed by atoms with van der Waals surface area (Å²) < 4.78 is 13.7. The number of ether oxygens (including phenoxy) is 2. The van der Waals surface area contributed by atoms with Gasteiger partial charge < -0.3 is 19.7 Å². The Labute approximate surface area is 278 Å². The summed E-state index contributed by atoms with van der Waals surface area (Å²) in [5.41, 5.74) is 1.93. The van der Waals surface area contributed by atoms with Crippen molar-refractivity contribution in [2.75, 3.05) is 0 Å². The van der Waals surface area contributed by atoms with E-state index in [2.05, 4.69) is 42.6 Å². The van der Waals surface area contributed by atoms with E-state index in [0.29, 0.717) is 34.0 Å². The molecule has 0 saturated carbocycles. The van der Waals surface area contributed by atoms with Gasteiger partial charge in [0.2, 0.25) is 0 Å². The summed E-state index contributed by atoms with van der Waals surface area (Å²) in [7, 11) is 0. The van der Waals surface area contributed by atoms with Gasteiger partial charge in [-0.2, -0.15) is 0 Å². The van der Waals surface area contributed by atoms with Crippen molar-refractivity contribution in [3.05, 3.63) is 43.0 Å². The van der Waals surface area contributed by atoms with Crippen molar-refractivity contribution in [2.24, 2.45) is 0 Å². The second kappa shape index (κ2) is 21.4. The van der Waals surface area contributed by atoms with Crippen molar-refractivity contribution >= 4 is 0 Å². The van der Waals surface area contributed by atoms with Gasteiger partial charge in [0, 0.05) is 23.3 Å². The van der Waals surface area contributed by atoms with E-state index in [-0.39, 0.29) is 23.7 Å². The van der Waals surface area contributed by atoms with Crippen LogP contribution in [0.2, 0.25) is 0 Å². The molecule has 0 saturated heterocycles. The first-order valence-corrected chi connectivity index (χ1v) is 18.2. The van der Waals surface area contributed by atoms with E-state index in [1.54, 1.807) is 12.1 Å². The maximum Gasteiger partial charge on any atom is 0.167 e. The lowest BCUT2D eigenvalue weighted by atomic mass is 9.96. The molecule has 0 amide bonds. The molecular formula is C39H59N3O4. The van der Waals surface area contributed by atoms with Gasteiger partial charge in [0.15, 0.2) is 5.82 Å². The first-order valence-electron chi connectivity index (χ1n) is 18.2. The lowest BCUT2D eigenvalue weighted by Crippen LogP contribution is -2.18. The van der Waals surface area contributed by atoms with Gasteiger partial charge in [-0.3, -0.25) is 0 Å². The minimum atomic E-state index is -0.0345. The van der Waals surface area contributed by atoms with Crippen LogP contribution in [0.3, 0.4) is 0 Å².